The van der Waals surface area contributed by atoms with Crippen molar-refractivity contribution in [3.63, 3.8) is 0 Å². The normalized spacial score (nSPS) is 14.6. The molecule has 2 aliphatic heterocycles. The first-order valence-electron chi connectivity index (χ1n) is 11.2. The summed E-state index contributed by atoms with van der Waals surface area (Å²) in [6, 6.07) is 16.5. The molecule has 182 valence electrons. The molecule has 1 saturated heterocycles. The maximum absolute atomic E-state index is 13.5. The van der Waals surface area contributed by atoms with Gasteiger partial charge in [0.15, 0.2) is 11.5 Å². The zero-order valence-electron chi connectivity index (χ0n) is 19.1. The summed E-state index contributed by atoms with van der Waals surface area (Å²) >= 11 is 0. The number of rotatable bonds is 7. The molecule has 0 unspecified atom stereocenters. The van der Waals surface area contributed by atoms with Crippen LogP contribution in [0.4, 0.5) is 17.1 Å². The number of amides is 1. The number of anilines is 3. The molecule has 0 spiro atoms. The number of carbonyl (C=O) groups excluding carboxylic acids is 1. The Bertz CT molecular complexity index is 1350. The number of ether oxygens (including phenoxy) is 3. The van der Waals surface area contributed by atoms with Crippen LogP contribution >= 0.6 is 0 Å². The lowest BCUT2D eigenvalue weighted by Gasteiger charge is -2.22. The van der Waals surface area contributed by atoms with Gasteiger partial charge in [-0.05, 0) is 73.5 Å². The second-order valence-corrected chi connectivity index (χ2v) is 9.88. The van der Waals surface area contributed by atoms with Gasteiger partial charge in [-0.15, -0.1) is 0 Å². The molecule has 0 bridgehead atoms. The molecule has 0 saturated carbocycles. The van der Waals surface area contributed by atoms with Gasteiger partial charge in [0, 0.05) is 30.0 Å². The van der Waals surface area contributed by atoms with Gasteiger partial charge in [0.1, 0.15) is 10.6 Å². The molecule has 3 aromatic rings. The van der Waals surface area contributed by atoms with Crippen molar-refractivity contribution in [2.75, 3.05) is 41.9 Å². The summed E-state index contributed by atoms with van der Waals surface area (Å²) in [6.07, 6.45) is 1.99. The number of carbonyl (C=O) groups is 1. The average molecular weight is 496 g/mol. The van der Waals surface area contributed by atoms with Gasteiger partial charge in [0.25, 0.3) is 15.9 Å². The summed E-state index contributed by atoms with van der Waals surface area (Å²) in [6.45, 7) is 1.66. The van der Waals surface area contributed by atoms with Gasteiger partial charge in [0.05, 0.1) is 12.8 Å². The Morgan fingerprint density at radius 1 is 0.914 bits per heavy atom. The highest BCUT2D eigenvalue weighted by Crippen LogP contribution is 2.34. The molecule has 0 atom stereocenters. The van der Waals surface area contributed by atoms with E-state index in [2.05, 4.69) is 10.0 Å². The average Bonchev–Trinajstić information content (AvgIpc) is 3.56. The van der Waals surface area contributed by atoms with Crippen LogP contribution < -0.4 is 29.1 Å². The van der Waals surface area contributed by atoms with Crippen molar-refractivity contribution in [3.05, 3.63) is 66.2 Å². The molecule has 1 amide bonds. The first-order valence-corrected chi connectivity index (χ1v) is 12.7. The van der Waals surface area contributed by atoms with E-state index in [1.165, 1.54) is 6.07 Å². The van der Waals surface area contributed by atoms with Crippen LogP contribution in [0.15, 0.2) is 65.6 Å². The van der Waals surface area contributed by atoms with Gasteiger partial charge < -0.3 is 24.4 Å². The molecule has 10 heteroatoms. The van der Waals surface area contributed by atoms with E-state index in [1.807, 2.05) is 4.90 Å². The maximum atomic E-state index is 13.5. The molecule has 1 fully saturated rings. The molecule has 5 rings (SSSR count). The number of sulfonamides is 1. The van der Waals surface area contributed by atoms with E-state index in [0.717, 1.165) is 25.9 Å². The number of hydrogen-bond donors (Lipinski definition) is 2. The molecule has 0 radical (unpaired) electrons. The summed E-state index contributed by atoms with van der Waals surface area (Å²) in [5.41, 5.74) is 1.75. The van der Waals surface area contributed by atoms with Crippen LogP contribution in [0.1, 0.15) is 23.2 Å². The van der Waals surface area contributed by atoms with E-state index < -0.39 is 10.0 Å². The monoisotopic (exact) mass is 495 g/mol. The second kappa shape index (κ2) is 9.38. The zero-order chi connectivity index (χ0) is 24.4. The minimum atomic E-state index is -3.95. The first-order chi connectivity index (χ1) is 16.9. The van der Waals surface area contributed by atoms with Crippen molar-refractivity contribution >= 4 is 33.0 Å². The van der Waals surface area contributed by atoms with Crippen molar-refractivity contribution in [1.82, 2.24) is 0 Å². The highest BCUT2D eigenvalue weighted by molar-refractivity contribution is 7.92. The van der Waals surface area contributed by atoms with E-state index >= 15 is 0 Å². The number of fused-ring (bicyclic) bond motifs is 1. The van der Waals surface area contributed by atoms with Crippen LogP contribution in [0.3, 0.4) is 0 Å². The Morgan fingerprint density at radius 3 is 2.37 bits per heavy atom. The van der Waals surface area contributed by atoms with E-state index in [4.69, 9.17) is 14.2 Å². The molecule has 3 aromatic carbocycles. The molecule has 2 N–H and O–H groups in total. The standard InChI is InChI=1S/C25H25N3O6S/c1-32-20-8-5-18(6-9-20)27-35(30,31)24-15-19(7-10-21(24)28-12-2-3-13-28)26-25(29)17-4-11-22-23(14-17)34-16-33-22/h4-11,14-15,27H,2-3,12-13,16H2,1H3,(H,26,29). The van der Waals surface area contributed by atoms with Gasteiger partial charge >= 0.3 is 0 Å². The number of methoxy groups -OCH3 is 1. The third-order valence-corrected chi connectivity index (χ3v) is 7.34. The summed E-state index contributed by atoms with van der Waals surface area (Å²) < 4.78 is 45.3. The van der Waals surface area contributed by atoms with Crippen LogP contribution in [0.25, 0.3) is 0 Å². The van der Waals surface area contributed by atoms with Crippen LogP contribution in [0.2, 0.25) is 0 Å². The molecule has 2 heterocycles. The smallest absolute Gasteiger partial charge is 0.264 e. The molecule has 0 aromatic heterocycles. The van der Waals surface area contributed by atoms with Crippen LogP contribution in [-0.4, -0.2) is 41.3 Å². The minimum absolute atomic E-state index is 0.0960. The molecule has 0 aliphatic carbocycles. The van der Waals surface area contributed by atoms with Gasteiger partial charge in [0.2, 0.25) is 6.79 Å². The quantitative estimate of drug-likeness (QED) is 0.509. The second-order valence-electron chi connectivity index (χ2n) is 8.23. The molecular formula is C25H25N3O6S. The lowest BCUT2D eigenvalue weighted by Crippen LogP contribution is -2.23. The zero-order valence-corrected chi connectivity index (χ0v) is 19.9. The number of nitrogens with one attached hydrogen (secondary N) is 2. The predicted molar refractivity (Wildman–Crippen MR) is 132 cm³/mol. The Kier molecular flexibility index (Phi) is 6.12. The number of nitrogens with zero attached hydrogens (tertiary/aromatic N) is 1. The van der Waals surface area contributed by atoms with Crippen LogP contribution in [0.5, 0.6) is 17.2 Å². The van der Waals surface area contributed by atoms with Crippen molar-refractivity contribution < 1.29 is 27.4 Å². The van der Waals surface area contributed by atoms with Gasteiger partial charge in [-0.2, -0.15) is 0 Å². The summed E-state index contributed by atoms with van der Waals surface area (Å²) in [4.78, 5) is 15.0. The molecule has 35 heavy (non-hydrogen) atoms. The topological polar surface area (TPSA) is 106 Å². The van der Waals surface area contributed by atoms with Crippen molar-refractivity contribution in [2.45, 2.75) is 17.7 Å². The summed E-state index contributed by atoms with van der Waals surface area (Å²) in [5, 5.41) is 2.80. The van der Waals surface area contributed by atoms with Crippen LogP contribution in [-0.2, 0) is 10.0 Å². The molecule has 2 aliphatic rings. The van der Waals surface area contributed by atoms with Crippen molar-refractivity contribution in [3.8, 4) is 17.2 Å². The lowest BCUT2D eigenvalue weighted by atomic mass is 10.2. The largest absolute Gasteiger partial charge is 0.497 e. The fourth-order valence-electron chi connectivity index (χ4n) is 4.14. The predicted octanol–water partition coefficient (Wildman–Crippen LogP) is 4.08. The summed E-state index contributed by atoms with van der Waals surface area (Å²) in [5.74, 6) is 1.31. The fraction of sp³-hybridized carbons (Fsp3) is 0.240. The van der Waals surface area contributed by atoms with Gasteiger partial charge in [-0.25, -0.2) is 8.42 Å². The highest BCUT2D eigenvalue weighted by Gasteiger charge is 2.25. The number of hydrogen-bond acceptors (Lipinski definition) is 7. The van der Waals surface area contributed by atoms with Crippen molar-refractivity contribution in [1.29, 1.82) is 0 Å². The van der Waals surface area contributed by atoms with E-state index in [0.29, 0.717) is 39.9 Å². The van der Waals surface area contributed by atoms with Gasteiger partial charge in [-0.3, -0.25) is 9.52 Å². The Balaban J connectivity index is 1.44. The van der Waals surface area contributed by atoms with Crippen LogP contribution in [0, 0.1) is 0 Å². The van der Waals surface area contributed by atoms with E-state index in [9.17, 15) is 13.2 Å². The Morgan fingerprint density at radius 2 is 1.63 bits per heavy atom. The highest BCUT2D eigenvalue weighted by atomic mass is 32.2. The number of benzene rings is 3. The first kappa shape index (κ1) is 22.9. The van der Waals surface area contributed by atoms with E-state index in [1.54, 1.807) is 61.7 Å². The van der Waals surface area contributed by atoms with Gasteiger partial charge in [-0.1, -0.05) is 0 Å². The third-order valence-electron chi connectivity index (χ3n) is 5.93. The Hall–Kier alpha value is -3.92. The lowest BCUT2D eigenvalue weighted by molar-refractivity contribution is 0.102. The minimum Gasteiger partial charge on any atom is -0.497 e. The van der Waals surface area contributed by atoms with Crippen molar-refractivity contribution in [2.24, 2.45) is 0 Å². The third kappa shape index (κ3) is 4.83. The molecular weight excluding hydrogens is 470 g/mol. The maximum Gasteiger partial charge on any atom is 0.264 e. The Labute approximate surface area is 203 Å². The van der Waals surface area contributed by atoms with E-state index in [-0.39, 0.29) is 17.6 Å². The summed E-state index contributed by atoms with van der Waals surface area (Å²) in [7, 11) is -2.41. The molecule has 9 nitrogen and oxygen atoms in total. The SMILES string of the molecule is COc1ccc(NS(=O)(=O)c2cc(NC(=O)c3ccc4c(c3)OCO4)ccc2N2CCCC2)cc1. The fourth-order valence-corrected chi connectivity index (χ4v) is 5.45.